The van der Waals surface area contributed by atoms with Gasteiger partial charge < -0.3 is 15.4 Å². The Labute approximate surface area is 142 Å². The highest BCUT2D eigenvalue weighted by molar-refractivity contribution is 9.10. The Balaban J connectivity index is 2.04. The molecule has 0 aliphatic heterocycles. The SMILES string of the molecule is COCCNC(=O)c1cc(C(=O)Nc2ccc(Br)cc2)ccn1. The zero-order chi connectivity index (χ0) is 16.7. The molecule has 0 aliphatic rings. The summed E-state index contributed by atoms with van der Waals surface area (Å²) in [4.78, 5) is 28.1. The van der Waals surface area contributed by atoms with E-state index < -0.39 is 0 Å². The number of ether oxygens (including phenoxy) is 1. The number of aromatic nitrogens is 1. The van der Waals surface area contributed by atoms with Gasteiger partial charge in [0.1, 0.15) is 5.69 Å². The Morgan fingerprint density at radius 3 is 2.61 bits per heavy atom. The first kappa shape index (κ1) is 17.1. The molecule has 0 spiro atoms. The molecule has 1 heterocycles. The number of nitrogens with zero attached hydrogens (tertiary/aromatic N) is 1. The molecule has 0 saturated carbocycles. The van der Waals surface area contributed by atoms with Crippen molar-refractivity contribution in [2.24, 2.45) is 0 Å². The van der Waals surface area contributed by atoms with E-state index in [0.29, 0.717) is 24.4 Å². The number of rotatable bonds is 6. The minimum Gasteiger partial charge on any atom is -0.383 e. The summed E-state index contributed by atoms with van der Waals surface area (Å²) < 4.78 is 5.79. The highest BCUT2D eigenvalue weighted by Gasteiger charge is 2.11. The number of nitrogens with one attached hydrogen (secondary N) is 2. The number of amides is 2. The Morgan fingerprint density at radius 1 is 1.17 bits per heavy atom. The fraction of sp³-hybridized carbons (Fsp3) is 0.188. The van der Waals surface area contributed by atoms with Gasteiger partial charge in [-0.15, -0.1) is 0 Å². The predicted octanol–water partition coefficient (Wildman–Crippen LogP) is 2.47. The molecule has 0 aliphatic carbocycles. The molecule has 1 aromatic carbocycles. The van der Waals surface area contributed by atoms with Crippen LogP contribution in [0.25, 0.3) is 0 Å². The molecular weight excluding hydrogens is 362 g/mol. The molecule has 7 heteroatoms. The van der Waals surface area contributed by atoms with E-state index in [-0.39, 0.29) is 17.5 Å². The van der Waals surface area contributed by atoms with Gasteiger partial charge in [-0.1, -0.05) is 15.9 Å². The smallest absolute Gasteiger partial charge is 0.269 e. The van der Waals surface area contributed by atoms with Crippen LogP contribution in [-0.2, 0) is 4.74 Å². The molecule has 1 aromatic heterocycles. The lowest BCUT2D eigenvalue weighted by atomic mass is 10.2. The van der Waals surface area contributed by atoms with Crippen molar-refractivity contribution >= 4 is 33.4 Å². The topological polar surface area (TPSA) is 80.3 Å². The van der Waals surface area contributed by atoms with E-state index in [9.17, 15) is 9.59 Å². The number of hydrogen-bond donors (Lipinski definition) is 2. The molecular formula is C16H16BrN3O3. The second-order valence-electron chi connectivity index (χ2n) is 4.64. The Bertz CT molecular complexity index is 689. The van der Waals surface area contributed by atoms with E-state index in [2.05, 4.69) is 31.5 Å². The first-order chi connectivity index (χ1) is 11.1. The molecule has 23 heavy (non-hydrogen) atoms. The number of halogens is 1. The summed E-state index contributed by atoms with van der Waals surface area (Å²) in [7, 11) is 1.55. The van der Waals surface area contributed by atoms with Gasteiger partial charge in [-0.25, -0.2) is 0 Å². The standard InChI is InChI=1S/C16H16BrN3O3/c1-23-9-8-19-16(22)14-10-11(6-7-18-14)15(21)20-13-4-2-12(17)3-5-13/h2-7,10H,8-9H2,1H3,(H,19,22)(H,20,21). The minimum atomic E-state index is -0.347. The summed E-state index contributed by atoms with van der Waals surface area (Å²) in [6.45, 7) is 0.793. The van der Waals surface area contributed by atoms with E-state index in [1.54, 1.807) is 25.3 Å². The van der Waals surface area contributed by atoms with Crippen molar-refractivity contribution in [1.82, 2.24) is 10.3 Å². The van der Waals surface area contributed by atoms with Crippen molar-refractivity contribution in [2.45, 2.75) is 0 Å². The quantitative estimate of drug-likeness (QED) is 0.757. The number of anilines is 1. The Morgan fingerprint density at radius 2 is 1.91 bits per heavy atom. The highest BCUT2D eigenvalue weighted by atomic mass is 79.9. The molecule has 0 fully saturated rings. The van der Waals surface area contributed by atoms with Gasteiger partial charge in [-0.2, -0.15) is 0 Å². The van der Waals surface area contributed by atoms with E-state index in [1.165, 1.54) is 12.3 Å². The molecule has 0 radical (unpaired) electrons. The van der Waals surface area contributed by atoms with Crippen LogP contribution in [0.5, 0.6) is 0 Å². The number of methoxy groups -OCH3 is 1. The Kier molecular flexibility index (Phi) is 6.25. The first-order valence-electron chi connectivity index (χ1n) is 6.90. The number of pyridine rings is 1. The van der Waals surface area contributed by atoms with Crippen molar-refractivity contribution in [3.05, 3.63) is 58.3 Å². The molecule has 0 saturated heterocycles. The van der Waals surface area contributed by atoms with Gasteiger partial charge in [0.2, 0.25) is 0 Å². The van der Waals surface area contributed by atoms with Crippen molar-refractivity contribution < 1.29 is 14.3 Å². The van der Waals surface area contributed by atoms with Crippen LogP contribution in [0.2, 0.25) is 0 Å². The van der Waals surface area contributed by atoms with Gasteiger partial charge in [0.15, 0.2) is 0 Å². The van der Waals surface area contributed by atoms with Crippen LogP contribution >= 0.6 is 15.9 Å². The number of carbonyl (C=O) groups excluding carboxylic acids is 2. The highest BCUT2D eigenvalue weighted by Crippen LogP contribution is 2.15. The largest absolute Gasteiger partial charge is 0.383 e. The fourth-order valence-corrected chi connectivity index (χ4v) is 2.05. The molecule has 0 unspecified atom stereocenters. The van der Waals surface area contributed by atoms with E-state index in [4.69, 9.17) is 4.74 Å². The van der Waals surface area contributed by atoms with Crippen LogP contribution in [0, 0.1) is 0 Å². The molecule has 6 nitrogen and oxygen atoms in total. The summed E-state index contributed by atoms with van der Waals surface area (Å²) in [5, 5.41) is 5.42. The van der Waals surface area contributed by atoms with Crippen molar-refractivity contribution in [2.75, 3.05) is 25.6 Å². The summed E-state index contributed by atoms with van der Waals surface area (Å²) in [5.41, 5.74) is 1.21. The lowest BCUT2D eigenvalue weighted by Gasteiger charge is -2.07. The summed E-state index contributed by atoms with van der Waals surface area (Å²) in [6, 6.07) is 10.2. The van der Waals surface area contributed by atoms with Crippen LogP contribution in [0.3, 0.4) is 0 Å². The average Bonchev–Trinajstić information content (AvgIpc) is 2.57. The summed E-state index contributed by atoms with van der Waals surface area (Å²) in [5.74, 6) is -0.652. The molecule has 0 atom stereocenters. The van der Waals surface area contributed by atoms with Gasteiger partial charge in [-0.05, 0) is 36.4 Å². The maximum atomic E-state index is 12.2. The second-order valence-corrected chi connectivity index (χ2v) is 5.56. The molecule has 2 amide bonds. The van der Waals surface area contributed by atoms with Gasteiger partial charge >= 0.3 is 0 Å². The number of hydrogen-bond acceptors (Lipinski definition) is 4. The van der Waals surface area contributed by atoms with Crippen LogP contribution < -0.4 is 10.6 Å². The van der Waals surface area contributed by atoms with Gasteiger partial charge in [0.05, 0.1) is 6.61 Å². The van der Waals surface area contributed by atoms with Gasteiger partial charge in [0.25, 0.3) is 11.8 Å². The van der Waals surface area contributed by atoms with Crippen LogP contribution in [-0.4, -0.2) is 37.1 Å². The molecule has 2 N–H and O–H groups in total. The predicted molar refractivity (Wildman–Crippen MR) is 90.5 cm³/mol. The van der Waals surface area contributed by atoms with Gasteiger partial charge in [-0.3, -0.25) is 14.6 Å². The zero-order valence-corrected chi connectivity index (χ0v) is 14.1. The minimum absolute atomic E-state index is 0.185. The first-order valence-corrected chi connectivity index (χ1v) is 7.69. The number of benzene rings is 1. The molecule has 120 valence electrons. The van der Waals surface area contributed by atoms with Gasteiger partial charge in [0, 0.05) is 35.6 Å². The second kappa shape index (κ2) is 8.40. The maximum Gasteiger partial charge on any atom is 0.269 e. The molecule has 0 bridgehead atoms. The summed E-state index contributed by atoms with van der Waals surface area (Å²) >= 11 is 3.33. The fourth-order valence-electron chi connectivity index (χ4n) is 1.79. The Hall–Kier alpha value is -2.25. The van der Waals surface area contributed by atoms with Crippen molar-refractivity contribution in [1.29, 1.82) is 0 Å². The van der Waals surface area contributed by atoms with E-state index in [0.717, 1.165) is 4.47 Å². The average molecular weight is 378 g/mol. The van der Waals surface area contributed by atoms with Crippen molar-refractivity contribution in [3.63, 3.8) is 0 Å². The zero-order valence-electron chi connectivity index (χ0n) is 12.5. The maximum absolute atomic E-state index is 12.2. The lowest BCUT2D eigenvalue weighted by molar-refractivity contribution is 0.0932. The molecule has 2 rings (SSSR count). The lowest BCUT2D eigenvalue weighted by Crippen LogP contribution is -2.28. The van der Waals surface area contributed by atoms with Crippen molar-refractivity contribution in [3.8, 4) is 0 Å². The van der Waals surface area contributed by atoms with E-state index in [1.807, 2.05) is 12.1 Å². The molecule has 2 aromatic rings. The normalized spacial score (nSPS) is 10.2. The third-order valence-electron chi connectivity index (χ3n) is 2.95. The monoisotopic (exact) mass is 377 g/mol. The summed E-state index contributed by atoms with van der Waals surface area (Å²) in [6.07, 6.45) is 1.43. The van der Waals surface area contributed by atoms with Crippen LogP contribution in [0.15, 0.2) is 47.1 Å². The third-order valence-corrected chi connectivity index (χ3v) is 3.48. The number of carbonyl (C=O) groups is 2. The van der Waals surface area contributed by atoms with Crippen LogP contribution in [0.1, 0.15) is 20.8 Å². The van der Waals surface area contributed by atoms with Crippen LogP contribution in [0.4, 0.5) is 5.69 Å². The van der Waals surface area contributed by atoms with E-state index >= 15 is 0 Å². The third kappa shape index (κ3) is 5.15.